The molecule has 172 valence electrons. The van der Waals surface area contributed by atoms with Gasteiger partial charge in [-0.25, -0.2) is 0 Å². The Morgan fingerprint density at radius 3 is 2.50 bits per heavy atom. The summed E-state index contributed by atoms with van der Waals surface area (Å²) in [4.78, 5) is 30.7. The first-order valence-electron chi connectivity index (χ1n) is 11.6. The maximum Gasteiger partial charge on any atom is 0.250 e. The molecule has 1 atom stereocenters. The van der Waals surface area contributed by atoms with E-state index in [9.17, 15) is 9.59 Å². The summed E-state index contributed by atoms with van der Waals surface area (Å²) in [5.41, 5.74) is 0.716. The summed E-state index contributed by atoms with van der Waals surface area (Å²) in [6.45, 7) is 2.79. The number of carbonyl (C=O) groups excluding carboxylic acids is 2. The second-order valence-corrected chi connectivity index (χ2v) is 8.46. The molecule has 4 rings (SSSR count). The number of hydrogen-bond donors (Lipinski definition) is 0. The van der Waals surface area contributed by atoms with Gasteiger partial charge in [0, 0.05) is 6.04 Å². The first-order chi connectivity index (χ1) is 15.6. The number of rotatable bonds is 7. The molecule has 0 N–H and O–H groups in total. The second kappa shape index (κ2) is 10.1. The molecule has 1 saturated carbocycles. The Balaban J connectivity index is 1.70. The van der Waals surface area contributed by atoms with Crippen LogP contribution in [0.2, 0.25) is 0 Å². The number of ether oxygens (including phenoxy) is 2. The lowest BCUT2D eigenvalue weighted by Gasteiger charge is -2.43. The second-order valence-electron chi connectivity index (χ2n) is 8.46. The molecule has 0 radical (unpaired) electrons. The highest BCUT2D eigenvalue weighted by molar-refractivity contribution is 5.95. The molecule has 2 aromatic rings. The van der Waals surface area contributed by atoms with Crippen LogP contribution in [0.4, 0.5) is 0 Å². The minimum atomic E-state index is -0.728. The third kappa shape index (κ3) is 4.61. The fourth-order valence-electron chi connectivity index (χ4n) is 4.83. The normalized spacial score (nSPS) is 20.4. The van der Waals surface area contributed by atoms with Crippen LogP contribution < -0.4 is 9.47 Å². The van der Waals surface area contributed by atoms with Gasteiger partial charge in [0.25, 0.3) is 5.91 Å². The molecule has 2 amide bonds. The molecule has 7 nitrogen and oxygen atoms in total. The van der Waals surface area contributed by atoms with Crippen LogP contribution in [0.5, 0.6) is 11.5 Å². The molecular weight excluding hydrogens is 408 g/mol. The summed E-state index contributed by atoms with van der Waals surface area (Å²) in [5.74, 6) is 1.72. The van der Waals surface area contributed by atoms with Gasteiger partial charge >= 0.3 is 0 Å². The van der Waals surface area contributed by atoms with Crippen LogP contribution in [0, 0.1) is 0 Å². The van der Waals surface area contributed by atoms with Gasteiger partial charge < -0.3 is 23.7 Å². The van der Waals surface area contributed by atoms with Gasteiger partial charge in [0.1, 0.15) is 18.3 Å². The van der Waals surface area contributed by atoms with Crippen LogP contribution >= 0.6 is 0 Å². The fourth-order valence-corrected chi connectivity index (χ4v) is 4.83. The van der Waals surface area contributed by atoms with Crippen LogP contribution in [0.1, 0.15) is 62.8 Å². The molecule has 1 unspecified atom stereocenters. The third-order valence-corrected chi connectivity index (χ3v) is 6.43. The van der Waals surface area contributed by atoms with Crippen LogP contribution in [0.25, 0.3) is 0 Å². The minimum Gasteiger partial charge on any atom is -0.493 e. The van der Waals surface area contributed by atoms with Gasteiger partial charge in [-0.15, -0.1) is 0 Å². The average Bonchev–Trinajstić information content (AvgIpc) is 3.16. The van der Waals surface area contributed by atoms with Crippen molar-refractivity contribution in [3.05, 3.63) is 47.9 Å². The minimum absolute atomic E-state index is 0.0331. The van der Waals surface area contributed by atoms with E-state index in [4.69, 9.17) is 13.9 Å². The van der Waals surface area contributed by atoms with E-state index in [1.165, 1.54) is 12.8 Å². The van der Waals surface area contributed by atoms with E-state index in [-0.39, 0.29) is 30.9 Å². The number of furan rings is 1. The summed E-state index contributed by atoms with van der Waals surface area (Å²) in [6.07, 6.45) is 8.07. The molecule has 1 aliphatic heterocycles. The summed E-state index contributed by atoms with van der Waals surface area (Å²) in [7, 11) is 1.58. The van der Waals surface area contributed by atoms with Gasteiger partial charge in [0.2, 0.25) is 5.91 Å². The summed E-state index contributed by atoms with van der Waals surface area (Å²) >= 11 is 0. The number of carbonyl (C=O) groups is 2. The highest BCUT2D eigenvalue weighted by atomic mass is 16.5. The number of amides is 2. The predicted octanol–water partition coefficient (Wildman–Crippen LogP) is 4.32. The van der Waals surface area contributed by atoms with E-state index in [1.54, 1.807) is 24.3 Å². The average molecular weight is 441 g/mol. The fraction of sp³-hybridized carbons (Fsp3) is 0.520. The largest absolute Gasteiger partial charge is 0.493 e. The van der Waals surface area contributed by atoms with Crippen LogP contribution in [0.15, 0.2) is 41.0 Å². The molecule has 7 heteroatoms. The van der Waals surface area contributed by atoms with Gasteiger partial charge in [-0.1, -0.05) is 31.7 Å². The van der Waals surface area contributed by atoms with Crippen molar-refractivity contribution in [3.63, 3.8) is 0 Å². The predicted molar refractivity (Wildman–Crippen MR) is 119 cm³/mol. The van der Waals surface area contributed by atoms with Crippen molar-refractivity contribution in [2.75, 3.05) is 20.3 Å². The zero-order chi connectivity index (χ0) is 22.5. The lowest BCUT2D eigenvalue weighted by Crippen LogP contribution is -2.57. The highest BCUT2D eigenvalue weighted by Gasteiger charge is 2.43. The van der Waals surface area contributed by atoms with Gasteiger partial charge in [0.05, 0.1) is 26.5 Å². The van der Waals surface area contributed by atoms with E-state index in [1.807, 2.05) is 36.1 Å². The first-order valence-corrected chi connectivity index (χ1v) is 11.6. The van der Waals surface area contributed by atoms with Gasteiger partial charge in [-0.3, -0.25) is 9.59 Å². The Hall–Kier alpha value is -2.96. The molecule has 2 aliphatic rings. The maximum absolute atomic E-state index is 13.9. The van der Waals surface area contributed by atoms with Crippen LogP contribution in [-0.4, -0.2) is 47.9 Å². The van der Waals surface area contributed by atoms with Crippen LogP contribution in [-0.2, 0) is 16.1 Å². The van der Waals surface area contributed by atoms with Crippen molar-refractivity contribution in [2.45, 2.75) is 64.1 Å². The number of hydrogen-bond acceptors (Lipinski definition) is 5. The van der Waals surface area contributed by atoms with E-state index < -0.39 is 6.04 Å². The Morgan fingerprint density at radius 1 is 1.06 bits per heavy atom. The highest BCUT2D eigenvalue weighted by Crippen LogP contribution is 2.37. The Labute approximate surface area is 189 Å². The molecule has 0 spiro atoms. The SMILES string of the molecule is CCOc1ccc(C2C(=O)N(C3CCCCCC3)CC(=O)N2Cc2ccco2)cc1OC. The van der Waals surface area contributed by atoms with Gasteiger partial charge in [-0.05, 0) is 49.6 Å². The number of benzene rings is 1. The molecule has 32 heavy (non-hydrogen) atoms. The molecular formula is C25H32N2O5. The zero-order valence-corrected chi connectivity index (χ0v) is 18.9. The molecule has 1 aromatic carbocycles. The topological polar surface area (TPSA) is 72.2 Å². The lowest BCUT2D eigenvalue weighted by molar-refractivity contribution is -0.159. The van der Waals surface area contributed by atoms with E-state index in [0.717, 1.165) is 25.7 Å². The van der Waals surface area contributed by atoms with Gasteiger partial charge in [0.15, 0.2) is 11.5 Å². The standard InChI is InChI=1S/C25H32N2O5/c1-3-31-21-13-12-18(15-22(21)30-2)24-25(29)26(19-9-6-4-5-7-10-19)17-23(28)27(24)16-20-11-8-14-32-20/h8,11-15,19,24H,3-7,9-10,16-17H2,1-2H3. The quantitative estimate of drug-likeness (QED) is 0.600. The molecule has 1 saturated heterocycles. The number of methoxy groups -OCH3 is 1. The van der Waals surface area contributed by atoms with Crippen molar-refractivity contribution in [1.29, 1.82) is 0 Å². The van der Waals surface area contributed by atoms with Crippen molar-refractivity contribution in [2.24, 2.45) is 0 Å². The molecule has 1 aromatic heterocycles. The van der Waals surface area contributed by atoms with Crippen molar-refractivity contribution < 1.29 is 23.5 Å². The number of piperazine rings is 1. The van der Waals surface area contributed by atoms with Gasteiger partial charge in [-0.2, -0.15) is 0 Å². The first kappa shape index (κ1) is 22.2. The summed E-state index contributed by atoms with van der Waals surface area (Å²) in [6, 6.07) is 8.48. The van der Waals surface area contributed by atoms with Crippen LogP contribution in [0.3, 0.4) is 0 Å². The number of nitrogens with zero attached hydrogens (tertiary/aromatic N) is 2. The lowest BCUT2D eigenvalue weighted by atomic mass is 9.97. The smallest absolute Gasteiger partial charge is 0.250 e. The van der Waals surface area contributed by atoms with Crippen molar-refractivity contribution in [3.8, 4) is 11.5 Å². The van der Waals surface area contributed by atoms with Crippen molar-refractivity contribution in [1.82, 2.24) is 9.80 Å². The van der Waals surface area contributed by atoms with E-state index >= 15 is 0 Å². The zero-order valence-electron chi connectivity index (χ0n) is 18.9. The third-order valence-electron chi connectivity index (χ3n) is 6.43. The maximum atomic E-state index is 13.9. The van der Waals surface area contributed by atoms with Crippen molar-refractivity contribution >= 4 is 11.8 Å². The monoisotopic (exact) mass is 440 g/mol. The van der Waals surface area contributed by atoms with E-state index in [0.29, 0.717) is 29.4 Å². The molecule has 2 fully saturated rings. The van der Waals surface area contributed by atoms with E-state index in [2.05, 4.69) is 0 Å². The Bertz CT molecular complexity index is 918. The Morgan fingerprint density at radius 2 is 1.84 bits per heavy atom. The Kier molecular flexibility index (Phi) is 7.02. The summed E-state index contributed by atoms with van der Waals surface area (Å²) in [5, 5.41) is 0. The molecule has 0 bridgehead atoms. The molecule has 1 aliphatic carbocycles. The molecule has 2 heterocycles. The summed E-state index contributed by atoms with van der Waals surface area (Å²) < 4.78 is 16.7.